The number of thiophene rings is 1. The molecule has 0 saturated carbocycles. The van der Waals surface area contributed by atoms with E-state index in [1.54, 1.807) is 18.4 Å². The molecule has 1 aromatic rings. The molecule has 0 bridgehead atoms. The van der Waals surface area contributed by atoms with E-state index in [9.17, 15) is 4.79 Å². The van der Waals surface area contributed by atoms with Gasteiger partial charge in [0.1, 0.15) is 0 Å². The van der Waals surface area contributed by atoms with Gasteiger partial charge in [0, 0.05) is 24.5 Å². The standard InChI is InChI=1S/C12H18O2S/c1-4-10-5-6-11(15-10)12(13)9(2)7-8-14-3/h5-6,9H,4,7-8H2,1-3H3. The average molecular weight is 226 g/mol. The fourth-order valence-electron chi connectivity index (χ4n) is 1.37. The van der Waals surface area contributed by atoms with E-state index in [2.05, 4.69) is 6.92 Å². The number of hydrogen-bond acceptors (Lipinski definition) is 3. The third-order valence-electron chi connectivity index (χ3n) is 2.46. The fourth-order valence-corrected chi connectivity index (χ4v) is 2.37. The number of methoxy groups -OCH3 is 1. The van der Waals surface area contributed by atoms with Crippen LogP contribution < -0.4 is 0 Å². The Morgan fingerprint density at radius 1 is 1.53 bits per heavy atom. The minimum atomic E-state index is 0.0632. The van der Waals surface area contributed by atoms with Crippen molar-refractivity contribution in [3.63, 3.8) is 0 Å². The molecule has 0 aliphatic carbocycles. The van der Waals surface area contributed by atoms with Gasteiger partial charge in [-0.25, -0.2) is 0 Å². The van der Waals surface area contributed by atoms with Crippen LogP contribution in [0.3, 0.4) is 0 Å². The first-order valence-electron chi connectivity index (χ1n) is 5.30. The lowest BCUT2D eigenvalue weighted by Gasteiger charge is -2.07. The zero-order valence-corrected chi connectivity index (χ0v) is 10.4. The van der Waals surface area contributed by atoms with E-state index in [1.165, 1.54) is 4.88 Å². The number of ketones is 1. The van der Waals surface area contributed by atoms with E-state index in [-0.39, 0.29) is 11.7 Å². The van der Waals surface area contributed by atoms with Crippen molar-refractivity contribution in [1.29, 1.82) is 0 Å². The summed E-state index contributed by atoms with van der Waals surface area (Å²) in [5, 5.41) is 0. The van der Waals surface area contributed by atoms with Gasteiger partial charge < -0.3 is 4.74 Å². The normalized spacial score (nSPS) is 12.7. The smallest absolute Gasteiger partial charge is 0.175 e. The van der Waals surface area contributed by atoms with Crippen molar-refractivity contribution >= 4 is 17.1 Å². The minimum Gasteiger partial charge on any atom is -0.385 e. The van der Waals surface area contributed by atoms with Crippen LogP contribution in [-0.2, 0) is 11.2 Å². The molecule has 0 N–H and O–H groups in total. The highest BCUT2D eigenvalue weighted by atomic mass is 32.1. The van der Waals surface area contributed by atoms with Gasteiger partial charge in [-0.1, -0.05) is 13.8 Å². The van der Waals surface area contributed by atoms with Crippen molar-refractivity contribution in [3.05, 3.63) is 21.9 Å². The number of Topliss-reactive ketones (excluding diaryl/α,β-unsaturated/α-hetero) is 1. The van der Waals surface area contributed by atoms with Gasteiger partial charge in [-0.2, -0.15) is 0 Å². The predicted octanol–water partition coefficient (Wildman–Crippen LogP) is 3.17. The highest BCUT2D eigenvalue weighted by molar-refractivity contribution is 7.14. The van der Waals surface area contributed by atoms with Crippen LogP contribution in [0.5, 0.6) is 0 Å². The van der Waals surface area contributed by atoms with E-state index >= 15 is 0 Å². The van der Waals surface area contributed by atoms with E-state index in [0.717, 1.165) is 17.7 Å². The van der Waals surface area contributed by atoms with E-state index in [0.29, 0.717) is 6.61 Å². The van der Waals surface area contributed by atoms with Crippen molar-refractivity contribution in [2.24, 2.45) is 5.92 Å². The third kappa shape index (κ3) is 3.43. The molecule has 0 amide bonds. The van der Waals surface area contributed by atoms with Crippen molar-refractivity contribution in [2.45, 2.75) is 26.7 Å². The first-order chi connectivity index (χ1) is 7.19. The highest BCUT2D eigenvalue weighted by Gasteiger charge is 2.16. The van der Waals surface area contributed by atoms with Gasteiger partial charge in [0.15, 0.2) is 5.78 Å². The van der Waals surface area contributed by atoms with E-state index in [4.69, 9.17) is 4.74 Å². The average Bonchev–Trinajstić information content (AvgIpc) is 2.73. The van der Waals surface area contributed by atoms with Gasteiger partial charge in [-0.05, 0) is 25.0 Å². The third-order valence-corrected chi connectivity index (χ3v) is 3.70. The summed E-state index contributed by atoms with van der Waals surface area (Å²) in [6.45, 7) is 4.72. The fraction of sp³-hybridized carbons (Fsp3) is 0.583. The summed E-state index contributed by atoms with van der Waals surface area (Å²) in [4.78, 5) is 14.1. The van der Waals surface area contributed by atoms with Gasteiger partial charge in [0.25, 0.3) is 0 Å². The first kappa shape index (κ1) is 12.4. The predicted molar refractivity (Wildman–Crippen MR) is 63.7 cm³/mol. The number of aryl methyl sites for hydroxylation is 1. The molecule has 3 heteroatoms. The Balaban J connectivity index is 2.59. The van der Waals surface area contributed by atoms with Crippen molar-refractivity contribution in [1.82, 2.24) is 0 Å². The summed E-state index contributed by atoms with van der Waals surface area (Å²) in [6.07, 6.45) is 1.80. The maximum Gasteiger partial charge on any atom is 0.175 e. The lowest BCUT2D eigenvalue weighted by Crippen LogP contribution is -2.11. The van der Waals surface area contributed by atoms with Crippen molar-refractivity contribution in [3.8, 4) is 0 Å². The molecule has 0 aliphatic heterocycles. The molecular formula is C12H18O2S. The monoisotopic (exact) mass is 226 g/mol. The topological polar surface area (TPSA) is 26.3 Å². The lowest BCUT2D eigenvalue weighted by atomic mass is 10.0. The molecule has 0 aliphatic rings. The second-order valence-corrected chi connectivity index (χ2v) is 4.83. The number of rotatable bonds is 6. The van der Waals surface area contributed by atoms with Crippen LogP contribution in [0.1, 0.15) is 34.8 Å². The Morgan fingerprint density at radius 3 is 2.80 bits per heavy atom. The molecule has 0 aromatic carbocycles. The van der Waals surface area contributed by atoms with Gasteiger partial charge >= 0.3 is 0 Å². The molecular weight excluding hydrogens is 208 g/mol. The van der Waals surface area contributed by atoms with Crippen LogP contribution in [-0.4, -0.2) is 19.5 Å². The zero-order valence-electron chi connectivity index (χ0n) is 9.58. The number of carbonyl (C=O) groups excluding carboxylic acids is 1. The van der Waals surface area contributed by atoms with Gasteiger partial charge in [0.05, 0.1) is 4.88 Å². The Morgan fingerprint density at radius 2 is 2.27 bits per heavy atom. The number of carbonyl (C=O) groups is 1. The Bertz CT molecular complexity index is 317. The molecule has 1 rings (SSSR count). The van der Waals surface area contributed by atoms with Gasteiger partial charge in [-0.3, -0.25) is 4.79 Å². The molecule has 2 nitrogen and oxygen atoms in total. The summed E-state index contributed by atoms with van der Waals surface area (Å²) in [6, 6.07) is 3.98. The zero-order chi connectivity index (χ0) is 11.3. The molecule has 15 heavy (non-hydrogen) atoms. The van der Waals surface area contributed by atoms with Crippen LogP contribution in [0.4, 0.5) is 0 Å². The molecule has 84 valence electrons. The van der Waals surface area contributed by atoms with Crippen LogP contribution in [0.25, 0.3) is 0 Å². The summed E-state index contributed by atoms with van der Waals surface area (Å²) in [5.41, 5.74) is 0. The maximum atomic E-state index is 11.9. The summed E-state index contributed by atoms with van der Waals surface area (Å²) in [7, 11) is 1.66. The molecule has 0 saturated heterocycles. The Hall–Kier alpha value is -0.670. The Kier molecular flexibility index (Phi) is 4.99. The van der Waals surface area contributed by atoms with Crippen LogP contribution in [0.2, 0.25) is 0 Å². The second-order valence-electron chi connectivity index (χ2n) is 3.67. The van der Waals surface area contributed by atoms with Gasteiger partial charge in [-0.15, -0.1) is 11.3 Å². The summed E-state index contributed by atoms with van der Waals surface area (Å²) < 4.78 is 4.98. The van der Waals surface area contributed by atoms with Crippen molar-refractivity contribution in [2.75, 3.05) is 13.7 Å². The minimum absolute atomic E-state index is 0.0632. The highest BCUT2D eigenvalue weighted by Crippen LogP contribution is 2.21. The molecule has 0 fully saturated rings. The lowest BCUT2D eigenvalue weighted by molar-refractivity contribution is 0.0898. The maximum absolute atomic E-state index is 11.9. The molecule has 1 aromatic heterocycles. The second kappa shape index (κ2) is 6.03. The van der Waals surface area contributed by atoms with Crippen molar-refractivity contribution < 1.29 is 9.53 Å². The number of hydrogen-bond donors (Lipinski definition) is 0. The SMILES string of the molecule is CCc1ccc(C(=O)C(C)CCOC)s1. The Labute approximate surface area is 95.3 Å². The van der Waals surface area contributed by atoms with Crippen LogP contribution in [0, 0.1) is 5.92 Å². The largest absolute Gasteiger partial charge is 0.385 e. The molecule has 1 unspecified atom stereocenters. The molecule has 0 radical (unpaired) electrons. The molecule has 1 atom stereocenters. The van der Waals surface area contributed by atoms with Crippen LogP contribution >= 0.6 is 11.3 Å². The van der Waals surface area contributed by atoms with Crippen LogP contribution in [0.15, 0.2) is 12.1 Å². The number of ether oxygens (including phenoxy) is 1. The van der Waals surface area contributed by atoms with E-state index < -0.39 is 0 Å². The molecule has 1 heterocycles. The molecule has 0 spiro atoms. The first-order valence-corrected chi connectivity index (χ1v) is 6.12. The van der Waals surface area contributed by atoms with Gasteiger partial charge in [0.2, 0.25) is 0 Å². The quantitative estimate of drug-likeness (QED) is 0.696. The summed E-state index contributed by atoms with van der Waals surface area (Å²) in [5.74, 6) is 0.310. The van der Waals surface area contributed by atoms with E-state index in [1.807, 2.05) is 19.1 Å². The summed E-state index contributed by atoms with van der Waals surface area (Å²) >= 11 is 1.61.